The van der Waals surface area contributed by atoms with Gasteiger partial charge in [0.25, 0.3) is 5.41 Å². The molecule has 4 atom stereocenters. The van der Waals surface area contributed by atoms with Gasteiger partial charge in [0.2, 0.25) is 0 Å². The van der Waals surface area contributed by atoms with Gasteiger partial charge in [-0.05, 0) is 162 Å². The minimum Gasteiger partial charge on any atom is -0.462 e. The summed E-state index contributed by atoms with van der Waals surface area (Å²) in [6.07, 6.45) is 3.29. The van der Waals surface area contributed by atoms with Gasteiger partial charge in [0.05, 0.1) is 6.42 Å². The summed E-state index contributed by atoms with van der Waals surface area (Å²) < 4.78 is 25.2. The van der Waals surface area contributed by atoms with Gasteiger partial charge in [-0.1, -0.05) is 0 Å². The summed E-state index contributed by atoms with van der Waals surface area (Å²) in [6.45, 7) is 33.3. The van der Waals surface area contributed by atoms with Crippen LogP contribution in [-0.2, 0) is 38.1 Å². The Morgan fingerprint density at radius 2 is 0.621 bits per heavy atom. The Morgan fingerprint density at radius 3 is 0.862 bits per heavy atom. The number of nitrogens with one attached hydrogen (secondary N) is 4. The summed E-state index contributed by atoms with van der Waals surface area (Å²) in [6, 6.07) is 0. The van der Waals surface area contributed by atoms with Crippen molar-refractivity contribution in [1.29, 1.82) is 0 Å². The Hall–Kier alpha value is -2.28. The first kappa shape index (κ1) is 48.4. The van der Waals surface area contributed by atoms with Gasteiger partial charge in [-0.2, -0.15) is 0 Å². The predicted octanol–water partition coefficient (Wildman–Crippen LogP) is 7.33. The van der Waals surface area contributed by atoms with Crippen LogP contribution >= 0.6 is 0 Å². The third kappa shape index (κ3) is 13.6. The smallest absolute Gasteiger partial charge is 0.336 e. The van der Waals surface area contributed by atoms with Gasteiger partial charge in [0.1, 0.15) is 24.4 Å². The molecule has 0 radical (unpaired) electrons. The summed E-state index contributed by atoms with van der Waals surface area (Å²) in [5, 5.41) is 14.6. The lowest BCUT2D eigenvalue weighted by atomic mass is 9.83. The number of carbonyl (C=O) groups excluding carboxylic acids is 4. The molecule has 4 saturated heterocycles. The van der Waals surface area contributed by atoms with Gasteiger partial charge < -0.3 is 40.2 Å². The SMILES string of the molecule is CC1(C)CCC(OC(=O)CC(C(=O)OC2CCC(C)(C)NC(C)(C)C2)(C(=O)OC2CCC(C)(C)NC(C)(C)C2)C(=O)OC2CCC(C)(C)NC(C)(C)C2)CC(C)(C)N1. The summed E-state index contributed by atoms with van der Waals surface area (Å²) in [5.74, 6) is -4.21. The van der Waals surface area contributed by atoms with Crippen LogP contribution in [0.3, 0.4) is 0 Å². The minimum absolute atomic E-state index is 0.201. The third-order valence-corrected chi connectivity index (χ3v) is 12.6. The summed E-state index contributed by atoms with van der Waals surface area (Å²) in [5.41, 5.74) is -5.36. The summed E-state index contributed by atoms with van der Waals surface area (Å²) in [7, 11) is 0. The normalized spacial score (nSPS) is 31.9. The molecule has 4 rings (SSSR count). The molecule has 12 heteroatoms. The maximum absolute atomic E-state index is 15.2. The summed E-state index contributed by atoms with van der Waals surface area (Å²) in [4.78, 5) is 59.9. The van der Waals surface area contributed by atoms with Crippen molar-refractivity contribution in [3.63, 3.8) is 0 Å². The van der Waals surface area contributed by atoms with Crippen LogP contribution in [0.2, 0.25) is 0 Å². The van der Waals surface area contributed by atoms with Gasteiger partial charge in [-0.3, -0.25) is 19.2 Å². The van der Waals surface area contributed by atoms with Crippen molar-refractivity contribution >= 4 is 23.9 Å². The van der Waals surface area contributed by atoms with Crippen LogP contribution in [0.4, 0.5) is 0 Å². The van der Waals surface area contributed by atoms with Crippen molar-refractivity contribution in [3.8, 4) is 0 Å². The monoisotopic (exact) mass is 819 g/mol. The maximum Gasteiger partial charge on any atom is 0.336 e. The molecule has 0 amide bonds. The van der Waals surface area contributed by atoms with E-state index in [-0.39, 0.29) is 27.7 Å². The average Bonchev–Trinajstić information content (AvgIpc) is 3.29. The molecule has 0 aliphatic carbocycles. The molecular formula is C46H82N4O8. The minimum atomic E-state index is -2.76. The van der Waals surface area contributed by atoms with Crippen LogP contribution in [0.25, 0.3) is 0 Å². The molecule has 0 aromatic carbocycles. The number of ether oxygens (including phenoxy) is 4. The molecule has 0 aromatic rings. The van der Waals surface area contributed by atoms with E-state index in [0.29, 0.717) is 70.6 Å². The standard InChI is InChI=1S/C46H82N4O8/c1-38(2)21-17-30(25-42(9,10)47-38)55-34(51)29-46(35(52)56-31-18-22-39(3,4)48-43(11,12)26-31,36(53)57-32-19-23-40(5,6)49-44(13,14)27-32)37(54)58-33-20-24-41(7,8)50-45(15,16)28-33/h30-33,47-50H,17-29H2,1-16H3. The quantitative estimate of drug-likeness (QED) is 0.105. The molecule has 4 N–H and O–H groups in total. The van der Waals surface area contributed by atoms with E-state index in [1.54, 1.807) is 0 Å². The average molecular weight is 819 g/mol. The van der Waals surface area contributed by atoms with Crippen LogP contribution in [0.5, 0.6) is 0 Å². The predicted molar refractivity (Wildman–Crippen MR) is 227 cm³/mol. The van der Waals surface area contributed by atoms with Gasteiger partial charge in [0.15, 0.2) is 0 Å². The largest absolute Gasteiger partial charge is 0.462 e. The number of carbonyl (C=O) groups is 4. The molecule has 0 aromatic heterocycles. The number of hydrogen-bond acceptors (Lipinski definition) is 12. The van der Waals surface area contributed by atoms with Crippen LogP contribution in [-0.4, -0.2) is 92.6 Å². The Morgan fingerprint density at radius 1 is 0.397 bits per heavy atom. The highest BCUT2D eigenvalue weighted by Gasteiger charge is 2.61. The van der Waals surface area contributed by atoms with E-state index in [2.05, 4.69) is 90.5 Å². The number of hydrogen-bond donors (Lipinski definition) is 4. The molecule has 4 fully saturated rings. The molecule has 0 spiro atoms. The summed E-state index contributed by atoms with van der Waals surface area (Å²) >= 11 is 0. The molecule has 4 aliphatic rings. The second-order valence-electron chi connectivity index (χ2n) is 23.8. The number of esters is 4. The second kappa shape index (κ2) is 16.9. The first-order valence-electron chi connectivity index (χ1n) is 22.1. The highest BCUT2D eigenvalue weighted by atomic mass is 16.6. The lowest BCUT2D eigenvalue weighted by Gasteiger charge is -2.36. The van der Waals surface area contributed by atoms with Crippen molar-refractivity contribution in [2.75, 3.05) is 0 Å². The Kier molecular flexibility index (Phi) is 14.1. The van der Waals surface area contributed by atoms with E-state index in [4.69, 9.17) is 18.9 Å². The van der Waals surface area contributed by atoms with Crippen molar-refractivity contribution in [2.24, 2.45) is 5.41 Å². The highest BCUT2D eigenvalue weighted by Crippen LogP contribution is 2.39. The zero-order valence-corrected chi connectivity index (χ0v) is 39.3. The maximum atomic E-state index is 15.2. The molecule has 0 bridgehead atoms. The van der Waals surface area contributed by atoms with Crippen LogP contribution in [0, 0.1) is 5.41 Å². The van der Waals surface area contributed by atoms with Crippen molar-refractivity contribution in [1.82, 2.24) is 21.3 Å². The fraction of sp³-hybridized carbons (Fsp3) is 0.913. The van der Waals surface area contributed by atoms with Gasteiger partial charge in [-0.15, -0.1) is 0 Å². The molecule has 0 saturated carbocycles. The molecule has 4 unspecified atom stereocenters. The van der Waals surface area contributed by atoms with Gasteiger partial charge in [-0.25, -0.2) is 0 Å². The third-order valence-electron chi connectivity index (χ3n) is 12.6. The molecule has 4 heterocycles. The van der Waals surface area contributed by atoms with E-state index in [9.17, 15) is 4.79 Å². The molecule has 12 nitrogen and oxygen atoms in total. The van der Waals surface area contributed by atoms with Crippen LogP contribution in [0.1, 0.15) is 194 Å². The van der Waals surface area contributed by atoms with E-state index in [1.807, 2.05) is 41.5 Å². The highest BCUT2D eigenvalue weighted by molar-refractivity contribution is 6.20. The first-order valence-corrected chi connectivity index (χ1v) is 22.1. The van der Waals surface area contributed by atoms with E-state index < -0.39 is 76.7 Å². The lowest BCUT2D eigenvalue weighted by molar-refractivity contribution is -0.196. The lowest BCUT2D eigenvalue weighted by Crippen LogP contribution is -2.55. The fourth-order valence-corrected chi connectivity index (χ4v) is 11.0. The first-order chi connectivity index (χ1) is 26.1. The topological polar surface area (TPSA) is 153 Å². The number of rotatable bonds is 9. The van der Waals surface area contributed by atoms with E-state index in [0.717, 1.165) is 6.42 Å². The van der Waals surface area contributed by atoms with Crippen LogP contribution in [0.15, 0.2) is 0 Å². The van der Waals surface area contributed by atoms with Crippen molar-refractivity contribution in [2.45, 2.75) is 263 Å². The Labute approximate surface area is 350 Å². The zero-order chi connectivity index (χ0) is 44.0. The second-order valence-corrected chi connectivity index (χ2v) is 23.8. The van der Waals surface area contributed by atoms with Crippen molar-refractivity contribution < 1.29 is 38.1 Å². The molecule has 58 heavy (non-hydrogen) atoms. The molecular weight excluding hydrogens is 737 g/mol. The van der Waals surface area contributed by atoms with E-state index >= 15 is 14.4 Å². The Bertz CT molecular complexity index is 1380. The van der Waals surface area contributed by atoms with E-state index in [1.165, 1.54) is 0 Å². The molecule has 4 aliphatic heterocycles. The zero-order valence-electron chi connectivity index (χ0n) is 39.3. The van der Waals surface area contributed by atoms with Gasteiger partial charge >= 0.3 is 23.9 Å². The van der Waals surface area contributed by atoms with Gasteiger partial charge in [0, 0.05) is 70.0 Å². The van der Waals surface area contributed by atoms with Crippen molar-refractivity contribution in [3.05, 3.63) is 0 Å². The Balaban J connectivity index is 1.79. The van der Waals surface area contributed by atoms with Crippen LogP contribution < -0.4 is 21.3 Å². The molecule has 334 valence electrons. The fourth-order valence-electron chi connectivity index (χ4n) is 11.0.